The number of nitrogens with zero attached hydrogens (tertiary/aromatic N) is 2. The molecule has 0 aliphatic rings. The molecule has 0 fully saturated rings. The minimum absolute atomic E-state index is 0.227. The standard InChI is InChI=1S/C13H14Cl2N4O/c1-7(9-4-3-8(14)5-10(9)15)19(2)13(20)12-11(16)6-17-18-12/h3-7H,16H2,1-2H3,(H,17,18). The van der Waals surface area contributed by atoms with Crippen LogP contribution in [0.1, 0.15) is 29.0 Å². The number of nitrogens with two attached hydrogens (primary N) is 1. The summed E-state index contributed by atoms with van der Waals surface area (Å²) in [6.07, 6.45) is 1.40. The molecule has 0 saturated heterocycles. The molecule has 0 bridgehead atoms. The summed E-state index contributed by atoms with van der Waals surface area (Å²) in [7, 11) is 1.68. The fourth-order valence-electron chi connectivity index (χ4n) is 1.87. The lowest BCUT2D eigenvalue weighted by atomic mass is 10.1. The normalized spacial score (nSPS) is 12.2. The van der Waals surface area contributed by atoms with E-state index in [4.69, 9.17) is 28.9 Å². The maximum atomic E-state index is 12.3. The van der Waals surface area contributed by atoms with Crippen molar-refractivity contribution in [3.8, 4) is 0 Å². The largest absolute Gasteiger partial charge is 0.396 e. The Hall–Kier alpha value is -1.72. The third-order valence-electron chi connectivity index (χ3n) is 3.20. The Morgan fingerprint density at radius 2 is 2.15 bits per heavy atom. The van der Waals surface area contributed by atoms with Gasteiger partial charge in [0.2, 0.25) is 0 Å². The van der Waals surface area contributed by atoms with Crippen LogP contribution in [0.15, 0.2) is 24.4 Å². The maximum absolute atomic E-state index is 12.3. The van der Waals surface area contributed by atoms with Crippen LogP contribution in [0.25, 0.3) is 0 Å². The number of hydrogen-bond acceptors (Lipinski definition) is 3. The van der Waals surface area contributed by atoms with Crippen molar-refractivity contribution in [1.82, 2.24) is 15.1 Å². The molecular weight excluding hydrogens is 299 g/mol. The van der Waals surface area contributed by atoms with Gasteiger partial charge in [-0.15, -0.1) is 0 Å². The van der Waals surface area contributed by atoms with Crippen LogP contribution in [-0.4, -0.2) is 28.1 Å². The van der Waals surface area contributed by atoms with Crippen LogP contribution in [0.5, 0.6) is 0 Å². The Bertz CT molecular complexity index is 641. The number of aromatic nitrogens is 2. The summed E-state index contributed by atoms with van der Waals surface area (Å²) in [5.74, 6) is -0.251. The van der Waals surface area contributed by atoms with Crippen molar-refractivity contribution in [3.63, 3.8) is 0 Å². The van der Waals surface area contributed by atoms with E-state index < -0.39 is 0 Å². The number of nitrogens with one attached hydrogen (secondary N) is 1. The first-order valence-corrected chi connectivity index (χ1v) is 6.68. The molecule has 0 spiro atoms. The molecule has 1 amide bonds. The second kappa shape index (κ2) is 5.73. The predicted molar refractivity (Wildman–Crippen MR) is 80.0 cm³/mol. The number of H-pyrrole nitrogens is 1. The summed E-state index contributed by atoms with van der Waals surface area (Å²) in [5.41, 5.74) is 7.08. The van der Waals surface area contributed by atoms with Crippen LogP contribution in [0, 0.1) is 0 Å². The number of hydrogen-bond donors (Lipinski definition) is 2. The van der Waals surface area contributed by atoms with Crippen molar-refractivity contribution in [2.75, 3.05) is 12.8 Å². The molecule has 2 aromatic rings. The molecular formula is C13H14Cl2N4O. The van der Waals surface area contributed by atoms with Crippen molar-refractivity contribution < 1.29 is 4.79 Å². The highest BCUT2D eigenvalue weighted by Crippen LogP contribution is 2.29. The Morgan fingerprint density at radius 1 is 1.45 bits per heavy atom. The second-order valence-corrected chi connectivity index (χ2v) is 5.30. The molecule has 1 heterocycles. The maximum Gasteiger partial charge on any atom is 0.274 e. The fourth-order valence-corrected chi connectivity index (χ4v) is 2.43. The van der Waals surface area contributed by atoms with E-state index in [-0.39, 0.29) is 17.6 Å². The summed E-state index contributed by atoms with van der Waals surface area (Å²) < 4.78 is 0. The van der Waals surface area contributed by atoms with Gasteiger partial charge in [-0.25, -0.2) is 0 Å². The van der Waals surface area contributed by atoms with Gasteiger partial charge in [0.05, 0.1) is 17.9 Å². The lowest BCUT2D eigenvalue weighted by molar-refractivity contribution is 0.0738. The first-order valence-electron chi connectivity index (χ1n) is 5.92. The molecule has 7 heteroatoms. The zero-order valence-corrected chi connectivity index (χ0v) is 12.5. The SMILES string of the molecule is CC(c1ccc(Cl)cc1Cl)N(C)C(=O)c1[nH]ncc1N. The number of amides is 1. The lowest BCUT2D eigenvalue weighted by Crippen LogP contribution is -2.30. The number of anilines is 1. The Balaban J connectivity index is 2.26. The minimum Gasteiger partial charge on any atom is -0.396 e. The van der Waals surface area contributed by atoms with Gasteiger partial charge >= 0.3 is 0 Å². The van der Waals surface area contributed by atoms with E-state index in [0.717, 1.165) is 5.56 Å². The molecule has 0 radical (unpaired) electrons. The molecule has 3 N–H and O–H groups in total. The van der Waals surface area contributed by atoms with E-state index >= 15 is 0 Å². The number of benzene rings is 1. The van der Waals surface area contributed by atoms with Gasteiger partial charge in [-0.05, 0) is 24.6 Å². The van der Waals surface area contributed by atoms with Crippen molar-refractivity contribution in [3.05, 3.63) is 45.7 Å². The van der Waals surface area contributed by atoms with E-state index in [1.165, 1.54) is 6.20 Å². The van der Waals surface area contributed by atoms with Crippen molar-refractivity contribution >= 4 is 34.8 Å². The summed E-state index contributed by atoms with van der Waals surface area (Å²) >= 11 is 12.0. The molecule has 1 unspecified atom stereocenters. The highest BCUT2D eigenvalue weighted by molar-refractivity contribution is 6.35. The van der Waals surface area contributed by atoms with Crippen LogP contribution in [0.2, 0.25) is 10.0 Å². The first-order chi connectivity index (χ1) is 9.41. The average molecular weight is 313 g/mol. The van der Waals surface area contributed by atoms with E-state index in [1.54, 1.807) is 30.1 Å². The van der Waals surface area contributed by atoms with Gasteiger partial charge in [0.15, 0.2) is 0 Å². The summed E-state index contributed by atoms with van der Waals surface area (Å²) in [6.45, 7) is 1.87. The predicted octanol–water partition coefficient (Wildman–Crippen LogP) is 3.13. The molecule has 2 rings (SSSR count). The van der Waals surface area contributed by atoms with Gasteiger partial charge in [0.25, 0.3) is 5.91 Å². The van der Waals surface area contributed by atoms with Gasteiger partial charge in [0, 0.05) is 17.1 Å². The van der Waals surface area contributed by atoms with Crippen molar-refractivity contribution in [1.29, 1.82) is 0 Å². The van der Waals surface area contributed by atoms with Crippen LogP contribution in [0.3, 0.4) is 0 Å². The Morgan fingerprint density at radius 3 is 2.70 bits per heavy atom. The smallest absolute Gasteiger partial charge is 0.274 e. The lowest BCUT2D eigenvalue weighted by Gasteiger charge is -2.25. The van der Waals surface area contributed by atoms with Crippen LogP contribution in [0.4, 0.5) is 5.69 Å². The van der Waals surface area contributed by atoms with Crippen LogP contribution in [-0.2, 0) is 0 Å². The zero-order chi connectivity index (χ0) is 14.9. The molecule has 5 nitrogen and oxygen atoms in total. The second-order valence-electron chi connectivity index (χ2n) is 4.46. The molecule has 20 heavy (non-hydrogen) atoms. The number of carbonyl (C=O) groups excluding carboxylic acids is 1. The van der Waals surface area contributed by atoms with Gasteiger partial charge < -0.3 is 10.6 Å². The first kappa shape index (κ1) is 14.7. The third kappa shape index (κ3) is 2.73. The summed E-state index contributed by atoms with van der Waals surface area (Å²) in [6, 6.07) is 4.96. The highest BCUT2D eigenvalue weighted by Gasteiger charge is 2.23. The van der Waals surface area contributed by atoms with E-state index in [0.29, 0.717) is 15.7 Å². The summed E-state index contributed by atoms with van der Waals surface area (Å²) in [5, 5.41) is 7.41. The zero-order valence-electron chi connectivity index (χ0n) is 11.0. The van der Waals surface area contributed by atoms with E-state index in [2.05, 4.69) is 10.2 Å². The van der Waals surface area contributed by atoms with Gasteiger partial charge in [-0.2, -0.15) is 5.10 Å². The topological polar surface area (TPSA) is 75.0 Å². The van der Waals surface area contributed by atoms with E-state index in [1.807, 2.05) is 6.92 Å². The van der Waals surface area contributed by atoms with E-state index in [9.17, 15) is 4.79 Å². The van der Waals surface area contributed by atoms with Crippen molar-refractivity contribution in [2.24, 2.45) is 0 Å². The molecule has 1 aromatic heterocycles. The van der Waals surface area contributed by atoms with Crippen LogP contribution < -0.4 is 5.73 Å². The molecule has 0 aliphatic carbocycles. The Kier molecular flexibility index (Phi) is 4.20. The van der Waals surface area contributed by atoms with Gasteiger partial charge in [-0.3, -0.25) is 9.89 Å². The third-order valence-corrected chi connectivity index (χ3v) is 3.76. The summed E-state index contributed by atoms with van der Waals surface area (Å²) in [4.78, 5) is 13.9. The van der Waals surface area contributed by atoms with Gasteiger partial charge in [-0.1, -0.05) is 29.3 Å². The highest BCUT2D eigenvalue weighted by atomic mass is 35.5. The Labute approximate surface area is 126 Å². The average Bonchev–Trinajstić information content (AvgIpc) is 2.82. The van der Waals surface area contributed by atoms with Crippen LogP contribution >= 0.6 is 23.2 Å². The van der Waals surface area contributed by atoms with Gasteiger partial charge in [0.1, 0.15) is 5.69 Å². The number of halogens is 2. The van der Waals surface area contributed by atoms with Crippen molar-refractivity contribution in [2.45, 2.75) is 13.0 Å². The molecule has 1 atom stereocenters. The molecule has 106 valence electrons. The fraction of sp³-hybridized carbons (Fsp3) is 0.231. The molecule has 1 aromatic carbocycles. The minimum atomic E-state index is -0.251. The number of nitrogen functional groups attached to an aromatic ring is 1. The molecule has 0 saturated carbocycles. The number of carbonyl (C=O) groups is 1. The molecule has 0 aliphatic heterocycles. The number of aromatic amines is 1. The monoisotopic (exact) mass is 312 g/mol. The quantitative estimate of drug-likeness (QED) is 0.914. The number of rotatable bonds is 3.